The summed E-state index contributed by atoms with van der Waals surface area (Å²) in [7, 11) is 0. The monoisotopic (exact) mass is 187 g/mol. The summed E-state index contributed by atoms with van der Waals surface area (Å²) in [5, 5.41) is 2.72. The number of amides is 1. The Bertz CT molecular complexity index is 234. The van der Waals surface area contributed by atoms with Crippen molar-refractivity contribution in [2.24, 2.45) is 5.11 Å². The molecule has 0 N–H and O–H groups in total. The Morgan fingerprint density at radius 2 is 2.62 bits per heavy atom. The second-order valence-corrected chi connectivity index (χ2v) is 2.43. The van der Waals surface area contributed by atoms with E-state index in [9.17, 15) is 4.79 Å². The van der Waals surface area contributed by atoms with Crippen LogP contribution >= 0.6 is 0 Å². The number of rotatable bonds is 4. The van der Waals surface area contributed by atoms with E-state index >= 15 is 0 Å². The van der Waals surface area contributed by atoms with Gasteiger partial charge in [-0.25, -0.2) is 4.79 Å². The second kappa shape index (κ2) is 4.66. The molecule has 2 unspecified atom stereocenters. The minimum Gasteiger partial charge on any atom is -0.431 e. The number of hydrogen-bond donors (Lipinski definition) is 0. The summed E-state index contributed by atoms with van der Waals surface area (Å²) in [6.45, 7) is 2.59. The molecule has 1 rings (SSSR count). The molecule has 2 atom stereocenters. The Balaban J connectivity index is 2.11. The predicted octanol–water partition coefficient (Wildman–Crippen LogP) is 1.19. The van der Waals surface area contributed by atoms with Crippen LogP contribution in [0.25, 0.3) is 10.4 Å². The normalized spacial score (nSPS) is 21.5. The van der Waals surface area contributed by atoms with E-state index in [-0.39, 0.29) is 6.10 Å². The van der Waals surface area contributed by atoms with Crippen molar-refractivity contribution >= 4 is 6.09 Å². The van der Waals surface area contributed by atoms with Gasteiger partial charge < -0.3 is 14.2 Å². The van der Waals surface area contributed by atoms with Gasteiger partial charge in [0, 0.05) is 10.0 Å². The molecule has 0 aliphatic carbocycles. The van der Waals surface area contributed by atoms with Gasteiger partial charge in [0.05, 0.1) is 13.2 Å². The van der Waals surface area contributed by atoms with E-state index in [0.29, 0.717) is 13.2 Å². The van der Waals surface area contributed by atoms with Crippen LogP contribution in [-0.4, -0.2) is 31.7 Å². The molecule has 0 spiro atoms. The fourth-order valence-corrected chi connectivity index (χ4v) is 0.643. The third-order valence-electron chi connectivity index (χ3n) is 1.31. The minimum absolute atomic E-state index is 0.112. The van der Waals surface area contributed by atoms with Crippen molar-refractivity contribution in [2.45, 2.75) is 19.3 Å². The largest absolute Gasteiger partial charge is 0.431 e. The Morgan fingerprint density at radius 1 is 1.92 bits per heavy atom. The Kier molecular flexibility index (Phi) is 3.51. The molecule has 1 saturated heterocycles. The quantitative estimate of drug-likeness (QED) is 0.217. The summed E-state index contributed by atoms with van der Waals surface area (Å²) < 4.78 is 14.4. The zero-order valence-corrected chi connectivity index (χ0v) is 7.04. The lowest BCUT2D eigenvalue weighted by Crippen LogP contribution is -2.18. The lowest BCUT2D eigenvalue weighted by molar-refractivity contribution is -0.0921. The van der Waals surface area contributed by atoms with Crippen LogP contribution in [0.2, 0.25) is 0 Å². The molecule has 7 nitrogen and oxygen atoms in total. The Labute approximate surface area is 74.2 Å². The summed E-state index contributed by atoms with van der Waals surface area (Å²) in [4.78, 5) is 12.8. The fourth-order valence-electron chi connectivity index (χ4n) is 0.643. The van der Waals surface area contributed by atoms with Gasteiger partial charge >= 0.3 is 6.09 Å². The number of carbonyl (C=O) groups is 1. The average molecular weight is 187 g/mol. The van der Waals surface area contributed by atoms with Gasteiger partial charge in [-0.15, -0.1) is 0 Å². The molecule has 1 heterocycles. The van der Waals surface area contributed by atoms with E-state index in [1.165, 1.54) is 6.92 Å². The smallest absolute Gasteiger partial charge is 0.399 e. The molecule has 72 valence electrons. The van der Waals surface area contributed by atoms with Gasteiger partial charge in [-0.3, -0.25) is 0 Å². The molecule has 0 saturated carbocycles. The number of hydrogen-bond acceptors (Lipinski definition) is 4. The first-order valence-electron chi connectivity index (χ1n) is 3.71. The molecule has 7 heteroatoms. The van der Waals surface area contributed by atoms with Crippen LogP contribution in [0.15, 0.2) is 5.11 Å². The van der Waals surface area contributed by atoms with Crippen molar-refractivity contribution in [2.75, 3.05) is 13.2 Å². The highest BCUT2D eigenvalue weighted by Crippen LogP contribution is 2.10. The van der Waals surface area contributed by atoms with E-state index in [0.717, 1.165) is 0 Å². The second-order valence-electron chi connectivity index (χ2n) is 2.43. The molecule has 0 bridgehead atoms. The molecule has 0 aromatic rings. The van der Waals surface area contributed by atoms with Crippen LogP contribution in [0, 0.1) is 0 Å². The number of epoxide rings is 1. The summed E-state index contributed by atoms with van der Waals surface area (Å²) in [5.74, 6) is 0. The topological polar surface area (TPSA) is 96.8 Å². The van der Waals surface area contributed by atoms with Crippen molar-refractivity contribution < 1.29 is 19.0 Å². The summed E-state index contributed by atoms with van der Waals surface area (Å²) >= 11 is 0. The number of nitrogens with zero attached hydrogens (tertiary/aromatic N) is 3. The minimum atomic E-state index is -0.994. The van der Waals surface area contributed by atoms with Crippen molar-refractivity contribution in [1.29, 1.82) is 0 Å². The summed E-state index contributed by atoms with van der Waals surface area (Å²) in [6.07, 6.45) is -1.60. The predicted molar refractivity (Wildman–Crippen MR) is 40.8 cm³/mol. The highest BCUT2D eigenvalue weighted by atomic mass is 16.7. The van der Waals surface area contributed by atoms with Crippen LogP contribution in [0.1, 0.15) is 6.92 Å². The van der Waals surface area contributed by atoms with Gasteiger partial charge in [-0.05, 0) is 12.5 Å². The highest BCUT2D eigenvalue weighted by Gasteiger charge is 2.23. The zero-order chi connectivity index (χ0) is 9.68. The number of carbonyl (C=O) groups excluding carboxylic acids is 1. The third kappa shape index (κ3) is 4.32. The van der Waals surface area contributed by atoms with Crippen LogP contribution in [0.4, 0.5) is 4.79 Å². The molecule has 13 heavy (non-hydrogen) atoms. The van der Waals surface area contributed by atoms with Crippen molar-refractivity contribution in [3.63, 3.8) is 0 Å². The first-order chi connectivity index (χ1) is 6.22. The first-order valence-corrected chi connectivity index (χ1v) is 3.71. The zero-order valence-electron chi connectivity index (χ0n) is 7.04. The molecular formula is C6H9N3O4. The van der Waals surface area contributed by atoms with Gasteiger partial charge in [-0.2, -0.15) is 0 Å². The van der Waals surface area contributed by atoms with E-state index in [2.05, 4.69) is 14.8 Å². The molecule has 0 aromatic carbocycles. The van der Waals surface area contributed by atoms with E-state index in [1.807, 2.05) is 0 Å². The standard InChI is InChI=1S/C6H9N3O4/c1-4(11-2-5-3-12-5)13-6(10)8-9-7/h4-5H,2-3H2,1H3. The van der Waals surface area contributed by atoms with Gasteiger partial charge in [0.25, 0.3) is 0 Å². The Morgan fingerprint density at radius 3 is 3.15 bits per heavy atom. The highest BCUT2D eigenvalue weighted by molar-refractivity contribution is 5.68. The molecular weight excluding hydrogens is 178 g/mol. The van der Waals surface area contributed by atoms with Gasteiger partial charge in [0.2, 0.25) is 0 Å². The van der Waals surface area contributed by atoms with Crippen LogP contribution in [0.3, 0.4) is 0 Å². The maximum Gasteiger partial charge on any atom is 0.399 e. The average Bonchev–Trinajstić information content (AvgIpc) is 2.84. The van der Waals surface area contributed by atoms with E-state index in [1.54, 1.807) is 0 Å². The van der Waals surface area contributed by atoms with E-state index in [4.69, 9.17) is 15.0 Å². The van der Waals surface area contributed by atoms with Gasteiger partial charge in [0.1, 0.15) is 6.10 Å². The van der Waals surface area contributed by atoms with Crippen molar-refractivity contribution in [3.8, 4) is 0 Å². The lowest BCUT2D eigenvalue weighted by atomic mass is 10.5. The van der Waals surface area contributed by atoms with Gasteiger partial charge in [-0.1, -0.05) is 0 Å². The lowest BCUT2D eigenvalue weighted by Gasteiger charge is -2.10. The SMILES string of the molecule is CC(OCC1CO1)OC(=O)N=[N+]=[N-]. The fraction of sp³-hybridized carbons (Fsp3) is 0.833. The molecule has 1 amide bonds. The maximum atomic E-state index is 10.6. The first kappa shape index (κ1) is 9.79. The molecule has 1 aliphatic heterocycles. The van der Waals surface area contributed by atoms with Crippen molar-refractivity contribution in [1.82, 2.24) is 0 Å². The molecule has 1 fully saturated rings. The van der Waals surface area contributed by atoms with Gasteiger partial charge in [0.15, 0.2) is 6.29 Å². The van der Waals surface area contributed by atoms with Crippen molar-refractivity contribution in [3.05, 3.63) is 10.4 Å². The number of azide groups is 1. The third-order valence-corrected chi connectivity index (χ3v) is 1.31. The van der Waals surface area contributed by atoms with E-state index < -0.39 is 12.4 Å². The number of ether oxygens (including phenoxy) is 3. The van der Waals surface area contributed by atoms with Crippen LogP contribution in [0.5, 0.6) is 0 Å². The van der Waals surface area contributed by atoms with Crippen LogP contribution < -0.4 is 0 Å². The molecule has 0 aromatic heterocycles. The summed E-state index contributed by atoms with van der Waals surface area (Å²) in [6, 6.07) is 0. The molecule has 0 radical (unpaired) electrons. The summed E-state index contributed by atoms with van der Waals surface area (Å²) in [5.41, 5.74) is 7.87. The Hall–Kier alpha value is -1.30. The van der Waals surface area contributed by atoms with Crippen LogP contribution in [-0.2, 0) is 14.2 Å². The molecule has 1 aliphatic rings. The maximum absolute atomic E-state index is 10.6.